The van der Waals surface area contributed by atoms with Crippen molar-refractivity contribution in [1.29, 1.82) is 0 Å². The molecule has 11 nitrogen and oxygen atoms in total. The fourth-order valence-corrected chi connectivity index (χ4v) is 5.36. The lowest BCUT2D eigenvalue weighted by atomic mass is 10.1. The Labute approximate surface area is 240 Å². The van der Waals surface area contributed by atoms with E-state index in [0.29, 0.717) is 34.1 Å². The summed E-state index contributed by atoms with van der Waals surface area (Å²) in [5.41, 5.74) is 1.09. The molecule has 0 saturated heterocycles. The van der Waals surface area contributed by atoms with E-state index in [2.05, 4.69) is 20.3 Å². The Morgan fingerprint density at radius 3 is 2.20 bits per heavy atom. The molecule has 41 heavy (non-hydrogen) atoms. The molecule has 1 heterocycles. The van der Waals surface area contributed by atoms with Gasteiger partial charge < -0.3 is 24.8 Å². The van der Waals surface area contributed by atoms with E-state index in [0.717, 1.165) is 11.3 Å². The van der Waals surface area contributed by atoms with Gasteiger partial charge in [-0.1, -0.05) is 6.07 Å². The molecule has 0 fully saturated rings. The van der Waals surface area contributed by atoms with Crippen LogP contribution >= 0.6 is 11.3 Å². The molecule has 4 aromatic rings. The third-order valence-corrected chi connectivity index (χ3v) is 7.81. The highest BCUT2D eigenvalue weighted by molar-refractivity contribution is 7.93. The standard InChI is InChI=1S/C28H26N4O7S2/c1-37-21-9-5-19(6-10-21)26(33)31-23(16-18-4-13-24(38-2)25(17-18)39-3)27(34)30-20-7-11-22(12-8-20)41(35,36)32-28-29-14-15-40-28/h4-17H,1-3H3,(H,29,32)(H,30,34)(H,31,33). The van der Waals surface area contributed by atoms with Crippen LogP contribution in [-0.4, -0.2) is 46.5 Å². The molecule has 0 radical (unpaired) electrons. The maximum atomic E-state index is 13.3. The molecule has 0 aliphatic carbocycles. The van der Waals surface area contributed by atoms with E-state index in [4.69, 9.17) is 14.2 Å². The van der Waals surface area contributed by atoms with Crippen LogP contribution in [0.4, 0.5) is 10.8 Å². The van der Waals surface area contributed by atoms with Gasteiger partial charge in [-0.05, 0) is 72.3 Å². The SMILES string of the molecule is COc1ccc(C(=O)NC(=Cc2ccc(OC)c(OC)c2)C(=O)Nc2ccc(S(=O)(=O)Nc3nccs3)cc2)cc1. The summed E-state index contributed by atoms with van der Waals surface area (Å²) in [6, 6.07) is 17.0. The maximum absolute atomic E-state index is 13.3. The van der Waals surface area contributed by atoms with Gasteiger partial charge in [-0.2, -0.15) is 0 Å². The number of carbonyl (C=O) groups is 2. The third-order valence-electron chi connectivity index (χ3n) is 5.64. The van der Waals surface area contributed by atoms with Crippen LogP contribution in [0.2, 0.25) is 0 Å². The molecule has 3 N–H and O–H groups in total. The Morgan fingerprint density at radius 1 is 0.878 bits per heavy atom. The number of aromatic nitrogens is 1. The van der Waals surface area contributed by atoms with Gasteiger partial charge in [0.1, 0.15) is 11.4 Å². The molecule has 0 aliphatic rings. The third kappa shape index (κ3) is 7.41. The number of hydrogen-bond donors (Lipinski definition) is 3. The zero-order chi connectivity index (χ0) is 29.4. The number of amides is 2. The lowest BCUT2D eigenvalue weighted by molar-refractivity contribution is -0.113. The van der Waals surface area contributed by atoms with Crippen molar-refractivity contribution < 1.29 is 32.2 Å². The summed E-state index contributed by atoms with van der Waals surface area (Å²) in [6.45, 7) is 0. The second-order valence-corrected chi connectivity index (χ2v) is 10.9. The van der Waals surface area contributed by atoms with Crippen LogP contribution in [0.15, 0.2) is 88.9 Å². The molecule has 4 rings (SSSR count). The number of rotatable bonds is 11. The fraction of sp³-hybridized carbons (Fsp3) is 0.107. The number of benzene rings is 3. The number of sulfonamides is 1. The molecule has 0 atom stereocenters. The Kier molecular flexibility index (Phi) is 9.22. The van der Waals surface area contributed by atoms with E-state index in [9.17, 15) is 18.0 Å². The number of nitrogens with zero attached hydrogens (tertiary/aromatic N) is 1. The quantitative estimate of drug-likeness (QED) is 0.217. The van der Waals surface area contributed by atoms with Crippen molar-refractivity contribution in [3.63, 3.8) is 0 Å². The first-order chi connectivity index (χ1) is 19.7. The van der Waals surface area contributed by atoms with Crippen LogP contribution in [0.25, 0.3) is 6.08 Å². The van der Waals surface area contributed by atoms with Crippen molar-refractivity contribution in [1.82, 2.24) is 10.3 Å². The van der Waals surface area contributed by atoms with Crippen molar-refractivity contribution in [2.24, 2.45) is 0 Å². The van der Waals surface area contributed by atoms with Crippen LogP contribution in [-0.2, 0) is 14.8 Å². The maximum Gasteiger partial charge on any atom is 0.272 e. The van der Waals surface area contributed by atoms with E-state index in [1.807, 2.05) is 0 Å². The highest BCUT2D eigenvalue weighted by Gasteiger charge is 2.18. The van der Waals surface area contributed by atoms with Gasteiger partial charge in [0.15, 0.2) is 16.6 Å². The smallest absolute Gasteiger partial charge is 0.272 e. The van der Waals surface area contributed by atoms with Gasteiger partial charge in [0.2, 0.25) is 0 Å². The zero-order valence-electron chi connectivity index (χ0n) is 22.2. The number of hydrogen-bond acceptors (Lipinski definition) is 9. The number of methoxy groups -OCH3 is 3. The summed E-state index contributed by atoms with van der Waals surface area (Å²) < 4.78 is 43.4. The molecule has 13 heteroatoms. The summed E-state index contributed by atoms with van der Waals surface area (Å²) in [7, 11) is 0.647. The van der Waals surface area contributed by atoms with Gasteiger partial charge in [0.25, 0.3) is 21.8 Å². The molecule has 1 aromatic heterocycles. The monoisotopic (exact) mass is 594 g/mol. The normalized spacial score (nSPS) is 11.3. The van der Waals surface area contributed by atoms with Gasteiger partial charge in [0.05, 0.1) is 26.2 Å². The number of thiazole rings is 1. The summed E-state index contributed by atoms with van der Waals surface area (Å²) in [5.74, 6) is 0.345. The summed E-state index contributed by atoms with van der Waals surface area (Å²) in [5, 5.41) is 7.23. The molecule has 3 aromatic carbocycles. The Balaban J connectivity index is 1.58. The van der Waals surface area contributed by atoms with Gasteiger partial charge in [-0.25, -0.2) is 13.4 Å². The summed E-state index contributed by atoms with van der Waals surface area (Å²) in [4.78, 5) is 30.3. The van der Waals surface area contributed by atoms with Gasteiger partial charge >= 0.3 is 0 Å². The minimum Gasteiger partial charge on any atom is -0.497 e. The van der Waals surface area contributed by atoms with Gasteiger partial charge in [-0.3, -0.25) is 14.3 Å². The van der Waals surface area contributed by atoms with E-state index in [-0.39, 0.29) is 15.7 Å². The van der Waals surface area contributed by atoms with Gasteiger partial charge in [0, 0.05) is 22.8 Å². The zero-order valence-corrected chi connectivity index (χ0v) is 23.8. The minimum absolute atomic E-state index is 0.0143. The van der Waals surface area contributed by atoms with E-state index < -0.39 is 21.8 Å². The van der Waals surface area contributed by atoms with Crippen LogP contribution in [0.1, 0.15) is 15.9 Å². The lowest BCUT2D eigenvalue weighted by Gasteiger charge is -2.13. The van der Waals surface area contributed by atoms with Crippen molar-refractivity contribution >= 4 is 50.1 Å². The largest absolute Gasteiger partial charge is 0.497 e. The topological polar surface area (TPSA) is 145 Å². The molecule has 0 unspecified atom stereocenters. The number of ether oxygens (including phenoxy) is 3. The van der Waals surface area contributed by atoms with E-state index in [1.54, 1.807) is 47.8 Å². The molecule has 0 bridgehead atoms. The van der Waals surface area contributed by atoms with E-state index in [1.165, 1.54) is 57.9 Å². The van der Waals surface area contributed by atoms with Crippen molar-refractivity contribution in [3.05, 3.63) is 95.1 Å². The predicted molar refractivity (Wildman–Crippen MR) is 156 cm³/mol. The summed E-state index contributed by atoms with van der Waals surface area (Å²) >= 11 is 1.15. The van der Waals surface area contributed by atoms with Crippen LogP contribution in [0.5, 0.6) is 17.2 Å². The second kappa shape index (κ2) is 13.0. The number of carbonyl (C=O) groups excluding carboxylic acids is 2. The Morgan fingerprint density at radius 2 is 1.59 bits per heavy atom. The average molecular weight is 595 g/mol. The van der Waals surface area contributed by atoms with Crippen LogP contribution in [0.3, 0.4) is 0 Å². The molecule has 0 spiro atoms. The summed E-state index contributed by atoms with van der Waals surface area (Å²) in [6.07, 6.45) is 2.97. The predicted octanol–water partition coefficient (Wildman–Crippen LogP) is 4.38. The molecule has 0 aliphatic heterocycles. The van der Waals surface area contributed by atoms with Crippen molar-refractivity contribution in [2.45, 2.75) is 4.90 Å². The number of anilines is 2. The molecule has 0 saturated carbocycles. The van der Waals surface area contributed by atoms with Crippen molar-refractivity contribution in [2.75, 3.05) is 31.4 Å². The lowest BCUT2D eigenvalue weighted by Crippen LogP contribution is -2.30. The highest BCUT2D eigenvalue weighted by atomic mass is 32.2. The minimum atomic E-state index is -3.86. The molecular formula is C28H26N4O7S2. The molecular weight excluding hydrogens is 568 g/mol. The first-order valence-corrected chi connectivity index (χ1v) is 14.3. The molecule has 212 valence electrons. The number of nitrogens with one attached hydrogen (secondary N) is 3. The second-order valence-electron chi connectivity index (χ2n) is 8.28. The van der Waals surface area contributed by atoms with Gasteiger partial charge in [-0.15, -0.1) is 11.3 Å². The molecule has 2 amide bonds. The average Bonchev–Trinajstić information content (AvgIpc) is 3.49. The van der Waals surface area contributed by atoms with Crippen LogP contribution < -0.4 is 29.6 Å². The van der Waals surface area contributed by atoms with Crippen molar-refractivity contribution in [3.8, 4) is 17.2 Å². The fourth-order valence-electron chi connectivity index (χ4n) is 3.57. The first kappa shape index (κ1) is 29.1. The first-order valence-electron chi connectivity index (χ1n) is 12.0. The Hall–Kier alpha value is -4.88. The Bertz CT molecular complexity index is 1650. The van der Waals surface area contributed by atoms with Crippen LogP contribution in [0, 0.1) is 0 Å². The highest BCUT2D eigenvalue weighted by Crippen LogP contribution is 2.28. The van der Waals surface area contributed by atoms with E-state index >= 15 is 0 Å².